The largest absolute Gasteiger partial charge is 0.325 e. The van der Waals surface area contributed by atoms with E-state index in [2.05, 4.69) is 16.9 Å². The highest BCUT2D eigenvalue weighted by Gasteiger charge is 2.24. The van der Waals surface area contributed by atoms with Crippen molar-refractivity contribution in [2.24, 2.45) is 5.92 Å². The Morgan fingerprint density at radius 1 is 1.21 bits per heavy atom. The number of aromatic nitrogens is 2. The first-order valence-electron chi connectivity index (χ1n) is 4.93. The molecular formula is C10H14N2O2. The molecule has 0 bridgehead atoms. The van der Waals surface area contributed by atoms with Gasteiger partial charge in [0.05, 0.1) is 0 Å². The normalized spacial score (nSPS) is 25.9. The lowest BCUT2D eigenvalue weighted by atomic mass is 9.81. The average molecular weight is 194 g/mol. The summed E-state index contributed by atoms with van der Waals surface area (Å²) in [6.07, 6.45) is 1.82. The maximum Gasteiger partial charge on any atom is 0.325 e. The Morgan fingerprint density at radius 3 is 2.64 bits per heavy atom. The summed E-state index contributed by atoms with van der Waals surface area (Å²) in [7, 11) is 0. The van der Waals surface area contributed by atoms with Crippen LogP contribution in [0.25, 0.3) is 0 Å². The first-order valence-corrected chi connectivity index (χ1v) is 4.93. The third-order valence-electron chi connectivity index (χ3n) is 2.86. The first-order chi connectivity index (χ1) is 6.58. The molecule has 0 aromatic carbocycles. The van der Waals surface area contributed by atoms with Gasteiger partial charge in [0.25, 0.3) is 5.56 Å². The van der Waals surface area contributed by atoms with Crippen LogP contribution in [-0.4, -0.2) is 9.97 Å². The van der Waals surface area contributed by atoms with E-state index in [4.69, 9.17) is 0 Å². The van der Waals surface area contributed by atoms with Gasteiger partial charge in [-0.1, -0.05) is 13.8 Å². The molecule has 2 N–H and O–H groups in total. The molecule has 0 saturated carbocycles. The Hall–Kier alpha value is -1.32. The molecule has 0 saturated heterocycles. The number of hydrogen-bond acceptors (Lipinski definition) is 2. The van der Waals surface area contributed by atoms with E-state index in [9.17, 15) is 9.59 Å². The Morgan fingerprint density at radius 2 is 1.93 bits per heavy atom. The van der Waals surface area contributed by atoms with Crippen LogP contribution in [-0.2, 0) is 6.42 Å². The molecule has 0 fully saturated rings. The van der Waals surface area contributed by atoms with Crippen molar-refractivity contribution >= 4 is 0 Å². The summed E-state index contributed by atoms with van der Waals surface area (Å²) in [5.41, 5.74) is 0.978. The van der Waals surface area contributed by atoms with Crippen molar-refractivity contribution in [1.29, 1.82) is 0 Å². The van der Waals surface area contributed by atoms with Crippen LogP contribution in [0.3, 0.4) is 0 Å². The quantitative estimate of drug-likeness (QED) is 0.640. The molecule has 1 heterocycles. The maximum atomic E-state index is 11.5. The van der Waals surface area contributed by atoms with Gasteiger partial charge in [0.15, 0.2) is 0 Å². The highest BCUT2D eigenvalue weighted by atomic mass is 16.2. The first kappa shape index (κ1) is 9.24. The van der Waals surface area contributed by atoms with E-state index in [1.807, 2.05) is 6.92 Å². The average Bonchev–Trinajstić information content (AvgIpc) is 1.99. The van der Waals surface area contributed by atoms with Crippen LogP contribution >= 0.6 is 0 Å². The molecule has 1 aliphatic carbocycles. The van der Waals surface area contributed by atoms with Crippen LogP contribution in [0, 0.1) is 5.92 Å². The molecule has 1 aliphatic rings. The molecule has 0 radical (unpaired) electrons. The van der Waals surface area contributed by atoms with Crippen molar-refractivity contribution < 1.29 is 0 Å². The van der Waals surface area contributed by atoms with Crippen LogP contribution in [0.1, 0.15) is 37.4 Å². The summed E-state index contributed by atoms with van der Waals surface area (Å²) >= 11 is 0. The van der Waals surface area contributed by atoms with Crippen molar-refractivity contribution in [2.75, 3.05) is 0 Å². The third-order valence-corrected chi connectivity index (χ3v) is 2.86. The van der Waals surface area contributed by atoms with Crippen molar-refractivity contribution in [2.45, 2.75) is 32.6 Å². The number of nitrogens with one attached hydrogen (secondary N) is 2. The van der Waals surface area contributed by atoms with Gasteiger partial charge in [0.2, 0.25) is 0 Å². The Bertz CT molecular complexity index is 458. The van der Waals surface area contributed by atoms with E-state index in [0.29, 0.717) is 5.92 Å². The number of hydrogen-bond donors (Lipinski definition) is 2. The molecule has 4 nitrogen and oxygen atoms in total. The van der Waals surface area contributed by atoms with E-state index in [1.165, 1.54) is 0 Å². The van der Waals surface area contributed by atoms with E-state index in [1.54, 1.807) is 0 Å². The number of H-pyrrole nitrogens is 2. The minimum absolute atomic E-state index is 0.219. The molecule has 0 spiro atoms. The summed E-state index contributed by atoms with van der Waals surface area (Å²) in [5.74, 6) is 0.782. The minimum atomic E-state index is -0.393. The van der Waals surface area contributed by atoms with Gasteiger partial charge in [-0.05, 0) is 24.7 Å². The Kier molecular flexibility index (Phi) is 2.06. The highest BCUT2D eigenvalue weighted by molar-refractivity contribution is 5.23. The van der Waals surface area contributed by atoms with Gasteiger partial charge >= 0.3 is 5.69 Å². The zero-order chi connectivity index (χ0) is 10.3. The van der Waals surface area contributed by atoms with Crippen LogP contribution in [0.2, 0.25) is 0 Å². The summed E-state index contributed by atoms with van der Waals surface area (Å²) in [6.45, 7) is 4.17. The Labute approximate surface area is 81.4 Å². The van der Waals surface area contributed by atoms with Crippen LogP contribution in [0.4, 0.5) is 0 Å². The van der Waals surface area contributed by atoms with Crippen LogP contribution in [0.5, 0.6) is 0 Å². The van der Waals surface area contributed by atoms with Gasteiger partial charge in [-0.2, -0.15) is 0 Å². The molecule has 1 aromatic rings. The minimum Gasteiger partial charge on any atom is -0.311 e. The molecule has 0 amide bonds. The fourth-order valence-electron chi connectivity index (χ4n) is 2.38. The Balaban J connectivity index is 2.65. The molecule has 2 atom stereocenters. The molecule has 2 unspecified atom stereocenters. The zero-order valence-corrected chi connectivity index (χ0v) is 8.39. The monoisotopic (exact) mass is 194 g/mol. The maximum absolute atomic E-state index is 11.5. The van der Waals surface area contributed by atoms with E-state index < -0.39 is 5.69 Å². The molecule has 1 aromatic heterocycles. The van der Waals surface area contributed by atoms with E-state index >= 15 is 0 Å². The van der Waals surface area contributed by atoms with Crippen molar-refractivity contribution in [3.05, 3.63) is 32.1 Å². The molecule has 2 rings (SSSR count). The van der Waals surface area contributed by atoms with Crippen LogP contribution < -0.4 is 11.2 Å². The predicted molar refractivity (Wildman–Crippen MR) is 53.6 cm³/mol. The zero-order valence-electron chi connectivity index (χ0n) is 8.39. The summed E-state index contributed by atoms with van der Waals surface area (Å²) in [5, 5.41) is 0. The fraction of sp³-hybridized carbons (Fsp3) is 0.600. The van der Waals surface area contributed by atoms with Crippen molar-refractivity contribution in [3.8, 4) is 0 Å². The molecule has 76 valence electrons. The van der Waals surface area contributed by atoms with Crippen molar-refractivity contribution in [1.82, 2.24) is 9.97 Å². The predicted octanol–water partition coefficient (Wildman–Crippen LogP) is 0.749. The lowest BCUT2D eigenvalue weighted by Crippen LogP contribution is -2.32. The molecule has 0 aliphatic heterocycles. The SMILES string of the molecule is CC1Cc2[nH]c(=O)[nH]c(=O)c2C(C)C1. The van der Waals surface area contributed by atoms with Gasteiger partial charge in [-0.25, -0.2) is 4.79 Å². The topological polar surface area (TPSA) is 65.7 Å². The lowest BCUT2D eigenvalue weighted by molar-refractivity contribution is 0.436. The lowest BCUT2D eigenvalue weighted by Gasteiger charge is -2.25. The van der Waals surface area contributed by atoms with Gasteiger partial charge in [0, 0.05) is 11.3 Å². The molecule has 14 heavy (non-hydrogen) atoms. The second-order valence-electron chi connectivity index (χ2n) is 4.25. The fourth-order valence-corrected chi connectivity index (χ4v) is 2.38. The molecular weight excluding hydrogens is 180 g/mol. The summed E-state index contributed by atoms with van der Waals surface area (Å²) in [6, 6.07) is 0. The van der Waals surface area contributed by atoms with Gasteiger partial charge in [-0.15, -0.1) is 0 Å². The summed E-state index contributed by atoms with van der Waals surface area (Å²) in [4.78, 5) is 27.6. The number of fused-ring (bicyclic) bond motifs is 1. The second kappa shape index (κ2) is 3.12. The van der Waals surface area contributed by atoms with E-state index in [0.717, 1.165) is 24.1 Å². The third kappa shape index (κ3) is 1.41. The van der Waals surface area contributed by atoms with Crippen molar-refractivity contribution in [3.63, 3.8) is 0 Å². The smallest absolute Gasteiger partial charge is 0.311 e. The second-order valence-corrected chi connectivity index (χ2v) is 4.25. The van der Waals surface area contributed by atoms with Crippen LogP contribution in [0.15, 0.2) is 9.59 Å². The standard InChI is InChI=1S/C10H14N2O2/c1-5-3-6(2)8-7(4-5)11-10(14)12-9(8)13/h5-6H,3-4H2,1-2H3,(H2,11,12,13,14). The van der Waals surface area contributed by atoms with E-state index in [-0.39, 0.29) is 11.5 Å². The molecule has 4 heteroatoms. The number of rotatable bonds is 0. The van der Waals surface area contributed by atoms with Gasteiger partial charge in [0.1, 0.15) is 0 Å². The highest BCUT2D eigenvalue weighted by Crippen LogP contribution is 2.30. The van der Waals surface area contributed by atoms with Gasteiger partial charge in [-0.3, -0.25) is 9.78 Å². The summed E-state index contributed by atoms with van der Waals surface area (Å²) < 4.78 is 0. The number of aromatic amines is 2. The van der Waals surface area contributed by atoms with Gasteiger partial charge < -0.3 is 4.98 Å².